The average molecular weight is 554 g/mol. The van der Waals surface area contributed by atoms with Gasteiger partial charge in [0.15, 0.2) is 0 Å². The van der Waals surface area contributed by atoms with Gasteiger partial charge in [0.1, 0.15) is 12.0 Å². The molecule has 1 N–H and O–H groups in total. The molecule has 2 unspecified atom stereocenters. The minimum absolute atomic E-state index is 0.0149. The summed E-state index contributed by atoms with van der Waals surface area (Å²) in [7, 11) is 1.84. The second-order valence-electron chi connectivity index (χ2n) is 11.4. The molecule has 0 radical (unpaired) electrons. The molecular weight excluding hydrogens is 518 g/mol. The summed E-state index contributed by atoms with van der Waals surface area (Å²) in [6.07, 6.45) is 4.62. The van der Waals surface area contributed by atoms with Crippen LogP contribution in [-0.4, -0.2) is 72.6 Å². The summed E-state index contributed by atoms with van der Waals surface area (Å²) in [5.41, 5.74) is 1.04. The Hall–Kier alpha value is -4.24. The van der Waals surface area contributed by atoms with Gasteiger partial charge in [-0.25, -0.2) is 4.98 Å². The Kier molecular flexibility index (Phi) is 7.21. The fourth-order valence-corrected chi connectivity index (χ4v) is 6.38. The van der Waals surface area contributed by atoms with E-state index < -0.39 is 5.60 Å². The van der Waals surface area contributed by atoms with E-state index in [2.05, 4.69) is 4.98 Å². The van der Waals surface area contributed by atoms with Crippen LogP contribution in [0.15, 0.2) is 84.0 Å². The van der Waals surface area contributed by atoms with E-state index in [-0.39, 0.29) is 35.8 Å². The van der Waals surface area contributed by atoms with Gasteiger partial charge in [0.25, 0.3) is 11.5 Å². The lowest BCUT2D eigenvalue weighted by atomic mass is 9.79. The van der Waals surface area contributed by atoms with Crippen LogP contribution in [0.25, 0.3) is 11.0 Å². The number of aryl methyl sites for hydroxylation is 1. The molecule has 2 aliphatic heterocycles. The van der Waals surface area contributed by atoms with Gasteiger partial charge in [0.05, 0.1) is 17.5 Å². The van der Waals surface area contributed by atoms with Gasteiger partial charge in [-0.2, -0.15) is 0 Å². The fourth-order valence-electron chi connectivity index (χ4n) is 6.38. The first-order valence-electron chi connectivity index (χ1n) is 14.2. The van der Waals surface area contributed by atoms with Crippen molar-refractivity contribution in [2.24, 2.45) is 13.0 Å². The number of hydrogen-bond donors (Lipinski definition) is 1. The molecule has 9 nitrogen and oxygen atoms in total. The zero-order valence-electron chi connectivity index (χ0n) is 23.2. The van der Waals surface area contributed by atoms with E-state index in [9.17, 15) is 19.5 Å². The Labute approximate surface area is 238 Å². The fraction of sp³-hybridized carbons (Fsp3) is 0.375. The lowest BCUT2D eigenvalue weighted by Crippen LogP contribution is -2.53. The van der Waals surface area contributed by atoms with Crippen molar-refractivity contribution in [3.05, 3.63) is 101 Å². The summed E-state index contributed by atoms with van der Waals surface area (Å²) < 4.78 is 3.27. The second-order valence-corrected chi connectivity index (χ2v) is 11.4. The minimum atomic E-state index is -1.10. The van der Waals surface area contributed by atoms with Gasteiger partial charge in [-0.05, 0) is 43.0 Å². The molecule has 2 saturated heterocycles. The molecule has 2 aliphatic rings. The maximum Gasteiger partial charge on any atom is 0.262 e. The van der Waals surface area contributed by atoms with Crippen molar-refractivity contribution in [3.63, 3.8) is 0 Å². The summed E-state index contributed by atoms with van der Waals surface area (Å²) in [6, 6.07) is 21.0. The number of amides is 2. The maximum atomic E-state index is 13.9. The molecule has 0 spiro atoms. The minimum Gasteiger partial charge on any atom is -0.388 e. The van der Waals surface area contributed by atoms with Crippen molar-refractivity contribution in [1.82, 2.24) is 23.9 Å². The Balaban J connectivity index is 1.15. The van der Waals surface area contributed by atoms with E-state index in [1.165, 1.54) is 10.9 Å². The standard InChI is InChI=1S/C32H35N5O4/c1-34-16-12-26-28(34)33-22-37(31(26)40)21-32(41)14-18-35(19-15-32)30(39)25-13-17-36(29(38)24-10-6-3-7-11-24)20-27(25)23-8-4-2-5-9-23/h2-12,16,22,25,27,41H,13-15,17-21H2,1H3. The summed E-state index contributed by atoms with van der Waals surface area (Å²) in [5, 5.41) is 11.9. The van der Waals surface area contributed by atoms with Gasteiger partial charge >= 0.3 is 0 Å². The van der Waals surface area contributed by atoms with Crippen molar-refractivity contribution in [2.45, 2.75) is 37.3 Å². The Morgan fingerprint density at radius 2 is 1.63 bits per heavy atom. The number of rotatable bonds is 5. The molecule has 212 valence electrons. The quantitative estimate of drug-likeness (QED) is 0.410. The summed E-state index contributed by atoms with van der Waals surface area (Å²) >= 11 is 0. The average Bonchev–Trinajstić information content (AvgIpc) is 3.40. The molecule has 2 aromatic carbocycles. The molecule has 2 atom stereocenters. The molecular formula is C32H35N5O4. The van der Waals surface area contributed by atoms with Crippen LogP contribution in [0.2, 0.25) is 0 Å². The van der Waals surface area contributed by atoms with E-state index in [0.717, 1.165) is 5.56 Å². The zero-order chi connectivity index (χ0) is 28.6. The van der Waals surface area contributed by atoms with Gasteiger partial charge < -0.3 is 19.5 Å². The number of nitrogens with zero attached hydrogens (tertiary/aromatic N) is 5. The number of carbonyl (C=O) groups excluding carboxylic acids is 2. The molecule has 6 rings (SSSR count). The highest BCUT2D eigenvalue weighted by molar-refractivity contribution is 5.94. The predicted octanol–water partition coefficient (Wildman–Crippen LogP) is 3.03. The summed E-state index contributed by atoms with van der Waals surface area (Å²) in [5.74, 6) is -0.319. The Morgan fingerprint density at radius 1 is 0.951 bits per heavy atom. The third kappa shape index (κ3) is 5.29. The van der Waals surface area contributed by atoms with Crippen LogP contribution in [0.3, 0.4) is 0 Å². The van der Waals surface area contributed by atoms with Crippen LogP contribution >= 0.6 is 0 Å². The number of aliphatic hydroxyl groups is 1. The molecule has 0 bridgehead atoms. The van der Waals surface area contributed by atoms with Gasteiger partial charge in [0, 0.05) is 56.8 Å². The highest BCUT2D eigenvalue weighted by Crippen LogP contribution is 2.36. The molecule has 4 heterocycles. The van der Waals surface area contributed by atoms with E-state index in [0.29, 0.717) is 62.0 Å². The third-order valence-corrected chi connectivity index (χ3v) is 8.79. The smallest absolute Gasteiger partial charge is 0.262 e. The predicted molar refractivity (Wildman–Crippen MR) is 155 cm³/mol. The first kappa shape index (κ1) is 27.0. The molecule has 0 saturated carbocycles. The third-order valence-electron chi connectivity index (χ3n) is 8.79. The van der Waals surface area contributed by atoms with Crippen molar-refractivity contribution < 1.29 is 14.7 Å². The molecule has 2 amide bonds. The molecule has 0 aliphatic carbocycles. The summed E-state index contributed by atoms with van der Waals surface area (Å²) in [4.78, 5) is 48.3. The lowest BCUT2D eigenvalue weighted by molar-refractivity contribution is -0.142. The van der Waals surface area contributed by atoms with Crippen LogP contribution in [0.4, 0.5) is 0 Å². The maximum absolute atomic E-state index is 13.9. The van der Waals surface area contributed by atoms with Crippen molar-refractivity contribution >= 4 is 22.8 Å². The molecule has 4 aromatic rings. The van der Waals surface area contributed by atoms with Crippen LogP contribution in [0.1, 0.15) is 41.1 Å². The monoisotopic (exact) mass is 553 g/mol. The number of hydrogen-bond acceptors (Lipinski definition) is 5. The van der Waals surface area contributed by atoms with Gasteiger partial charge in [-0.15, -0.1) is 0 Å². The molecule has 2 fully saturated rings. The number of piperidine rings is 2. The van der Waals surface area contributed by atoms with Crippen molar-refractivity contribution in [1.29, 1.82) is 0 Å². The van der Waals surface area contributed by atoms with E-state index >= 15 is 0 Å². The Morgan fingerprint density at radius 3 is 2.34 bits per heavy atom. The second kappa shape index (κ2) is 11.0. The zero-order valence-corrected chi connectivity index (χ0v) is 23.2. The SMILES string of the molecule is Cn1ccc2c(=O)n(CC3(O)CCN(C(=O)C4CCN(C(=O)c5ccccc5)CC4c4ccccc4)CC3)cnc21. The van der Waals surface area contributed by atoms with Gasteiger partial charge in [-0.3, -0.25) is 19.0 Å². The number of benzene rings is 2. The number of carbonyl (C=O) groups is 2. The van der Waals surface area contributed by atoms with Gasteiger partial charge in [-0.1, -0.05) is 48.5 Å². The van der Waals surface area contributed by atoms with Gasteiger partial charge in [0.2, 0.25) is 5.91 Å². The van der Waals surface area contributed by atoms with Crippen molar-refractivity contribution in [2.75, 3.05) is 26.2 Å². The Bertz CT molecular complexity index is 1610. The lowest BCUT2D eigenvalue weighted by Gasteiger charge is -2.43. The first-order chi connectivity index (χ1) is 19.8. The van der Waals surface area contributed by atoms with Crippen LogP contribution in [0.5, 0.6) is 0 Å². The van der Waals surface area contributed by atoms with Crippen LogP contribution in [-0.2, 0) is 18.4 Å². The number of aromatic nitrogens is 3. The van der Waals surface area contributed by atoms with Crippen LogP contribution in [0, 0.1) is 5.92 Å². The number of likely N-dealkylation sites (tertiary alicyclic amines) is 2. The molecule has 41 heavy (non-hydrogen) atoms. The normalized spacial score (nSPS) is 20.7. The largest absolute Gasteiger partial charge is 0.388 e. The number of fused-ring (bicyclic) bond motifs is 1. The van der Waals surface area contributed by atoms with E-state index in [4.69, 9.17) is 0 Å². The molecule has 2 aromatic heterocycles. The van der Waals surface area contributed by atoms with Crippen LogP contribution < -0.4 is 5.56 Å². The summed E-state index contributed by atoms with van der Waals surface area (Å²) in [6.45, 7) is 1.96. The van der Waals surface area contributed by atoms with E-state index in [1.807, 2.05) is 77.5 Å². The highest BCUT2D eigenvalue weighted by atomic mass is 16.3. The first-order valence-corrected chi connectivity index (χ1v) is 14.2. The van der Waals surface area contributed by atoms with E-state index in [1.54, 1.807) is 16.8 Å². The topological polar surface area (TPSA) is 101 Å². The van der Waals surface area contributed by atoms with Crippen molar-refractivity contribution in [3.8, 4) is 0 Å². The molecule has 9 heteroatoms. The highest BCUT2D eigenvalue weighted by Gasteiger charge is 2.41.